The largest absolute Gasteiger partial charge is 0.332 e. The highest BCUT2D eigenvalue weighted by atomic mass is 32.2. The van der Waals surface area contributed by atoms with Crippen molar-refractivity contribution in [2.45, 2.75) is 30.6 Å². The number of Topliss-reactive ketones (excluding diaryl/α,β-unsaturated/α-hetero) is 1. The third-order valence-corrected chi connectivity index (χ3v) is 5.54. The van der Waals surface area contributed by atoms with Crippen molar-refractivity contribution in [2.75, 3.05) is 0 Å². The molecule has 0 radical (unpaired) electrons. The standard InChI is InChI=1S/C24H20N2O5S/c1-15-4-5-16(2)22(14-15)23(25-31-17(3)27)24(28)18-6-10-20(11-7-18)32-21-12-8-19(9-13-21)26(29)30/h4-14H,1-3H3/b25-23-. The van der Waals surface area contributed by atoms with Gasteiger partial charge in [-0.25, -0.2) is 4.79 Å². The average molecular weight is 449 g/mol. The number of hydrogen-bond donors (Lipinski definition) is 0. The van der Waals surface area contributed by atoms with Gasteiger partial charge < -0.3 is 4.84 Å². The molecule has 0 saturated carbocycles. The number of carbonyl (C=O) groups is 2. The molecule has 0 bridgehead atoms. The smallest absolute Gasteiger partial charge is 0.318 e. The van der Waals surface area contributed by atoms with E-state index in [9.17, 15) is 19.7 Å². The number of ketones is 1. The number of hydrogen-bond acceptors (Lipinski definition) is 7. The number of nitro groups is 1. The third kappa shape index (κ3) is 5.67. The third-order valence-electron chi connectivity index (χ3n) is 4.53. The van der Waals surface area contributed by atoms with E-state index in [0.717, 1.165) is 20.9 Å². The molecule has 8 heteroatoms. The normalized spacial score (nSPS) is 11.2. The Morgan fingerprint density at radius 3 is 2.09 bits per heavy atom. The first kappa shape index (κ1) is 22.9. The lowest BCUT2D eigenvalue weighted by atomic mass is 9.96. The fraction of sp³-hybridized carbons (Fsp3) is 0.125. The summed E-state index contributed by atoms with van der Waals surface area (Å²) in [5.74, 6) is -0.984. The zero-order valence-corrected chi connectivity index (χ0v) is 18.5. The molecule has 0 aliphatic rings. The predicted octanol–water partition coefficient (Wildman–Crippen LogP) is 5.51. The molecule has 0 fully saturated rings. The van der Waals surface area contributed by atoms with E-state index >= 15 is 0 Å². The van der Waals surface area contributed by atoms with Crippen LogP contribution in [0.1, 0.15) is 34.0 Å². The molecule has 0 aliphatic carbocycles. The molecular formula is C24H20N2O5S. The summed E-state index contributed by atoms with van der Waals surface area (Å²) in [7, 11) is 0. The van der Waals surface area contributed by atoms with Gasteiger partial charge >= 0.3 is 5.97 Å². The van der Waals surface area contributed by atoms with Gasteiger partial charge in [0.05, 0.1) is 4.92 Å². The highest BCUT2D eigenvalue weighted by Gasteiger charge is 2.20. The summed E-state index contributed by atoms with van der Waals surface area (Å²) in [6.07, 6.45) is 0. The summed E-state index contributed by atoms with van der Waals surface area (Å²) in [6.45, 7) is 4.98. The monoisotopic (exact) mass is 448 g/mol. The number of benzene rings is 3. The second-order valence-corrected chi connectivity index (χ2v) is 8.19. The van der Waals surface area contributed by atoms with Crippen LogP contribution in [0.15, 0.2) is 81.7 Å². The van der Waals surface area contributed by atoms with Gasteiger partial charge in [0.2, 0.25) is 5.78 Å². The van der Waals surface area contributed by atoms with Gasteiger partial charge in [-0.05, 0) is 61.9 Å². The van der Waals surface area contributed by atoms with Crippen LogP contribution in [0, 0.1) is 24.0 Å². The van der Waals surface area contributed by atoms with Gasteiger partial charge in [-0.3, -0.25) is 14.9 Å². The molecule has 162 valence electrons. The van der Waals surface area contributed by atoms with Crippen LogP contribution in [0.25, 0.3) is 0 Å². The first-order chi connectivity index (χ1) is 15.2. The van der Waals surface area contributed by atoms with E-state index in [1.165, 1.54) is 30.8 Å². The fourth-order valence-corrected chi connectivity index (χ4v) is 3.71. The van der Waals surface area contributed by atoms with E-state index in [1.807, 2.05) is 32.0 Å². The van der Waals surface area contributed by atoms with E-state index in [4.69, 9.17) is 4.84 Å². The number of non-ortho nitro benzene ring substituents is 1. The summed E-state index contributed by atoms with van der Waals surface area (Å²) >= 11 is 1.42. The molecule has 0 amide bonds. The van der Waals surface area contributed by atoms with Crippen molar-refractivity contribution in [3.05, 3.63) is 99.1 Å². The van der Waals surface area contributed by atoms with Crippen molar-refractivity contribution in [1.29, 1.82) is 0 Å². The molecule has 3 aromatic rings. The molecule has 0 spiro atoms. The SMILES string of the molecule is CC(=O)O/N=C(\C(=O)c1ccc(Sc2ccc([N+](=O)[O-])cc2)cc1)c1cc(C)ccc1C. The highest BCUT2D eigenvalue weighted by Crippen LogP contribution is 2.29. The highest BCUT2D eigenvalue weighted by molar-refractivity contribution is 7.99. The van der Waals surface area contributed by atoms with E-state index < -0.39 is 10.9 Å². The number of carbonyl (C=O) groups excluding carboxylic acids is 2. The van der Waals surface area contributed by atoms with Crippen molar-refractivity contribution >= 4 is 34.9 Å². The molecule has 0 aromatic heterocycles. The van der Waals surface area contributed by atoms with Gasteiger partial charge in [-0.1, -0.05) is 34.6 Å². The molecule has 3 aromatic carbocycles. The molecule has 0 N–H and O–H groups in total. The molecule has 0 saturated heterocycles. The lowest BCUT2D eigenvalue weighted by Crippen LogP contribution is -2.18. The minimum absolute atomic E-state index is 0.0290. The van der Waals surface area contributed by atoms with E-state index in [2.05, 4.69) is 5.16 Å². The summed E-state index contributed by atoms with van der Waals surface area (Å²) in [5, 5.41) is 14.6. The Kier molecular flexibility index (Phi) is 7.17. The maximum atomic E-state index is 13.2. The van der Waals surface area contributed by atoms with Gasteiger partial charge in [-0.15, -0.1) is 0 Å². The van der Waals surface area contributed by atoms with Gasteiger partial charge in [0.1, 0.15) is 0 Å². The topological polar surface area (TPSA) is 98.9 Å². The zero-order chi connectivity index (χ0) is 23.3. The Bertz CT molecular complexity index is 1200. The Balaban J connectivity index is 1.85. The Morgan fingerprint density at radius 1 is 0.938 bits per heavy atom. The quantitative estimate of drug-likeness (QED) is 0.155. The lowest BCUT2D eigenvalue weighted by molar-refractivity contribution is -0.384. The number of nitro benzene ring substituents is 1. The van der Waals surface area contributed by atoms with Crippen molar-refractivity contribution in [1.82, 2.24) is 0 Å². The van der Waals surface area contributed by atoms with Crippen LogP contribution >= 0.6 is 11.8 Å². The molecule has 0 unspecified atom stereocenters. The first-order valence-electron chi connectivity index (χ1n) is 9.65. The first-order valence-corrected chi connectivity index (χ1v) is 10.5. The van der Waals surface area contributed by atoms with Crippen molar-refractivity contribution < 1.29 is 19.3 Å². The molecular weight excluding hydrogens is 428 g/mol. The molecule has 0 heterocycles. The van der Waals surface area contributed by atoms with Crippen molar-refractivity contribution in [2.24, 2.45) is 5.16 Å². The minimum Gasteiger partial charge on any atom is -0.318 e. The number of oxime groups is 1. The second kappa shape index (κ2) is 10.0. The van der Waals surface area contributed by atoms with Crippen LogP contribution in [0.2, 0.25) is 0 Å². The van der Waals surface area contributed by atoms with Crippen LogP contribution in [-0.4, -0.2) is 22.4 Å². The Labute approximate surface area is 189 Å². The molecule has 32 heavy (non-hydrogen) atoms. The zero-order valence-electron chi connectivity index (χ0n) is 17.7. The Hall–Kier alpha value is -3.78. The van der Waals surface area contributed by atoms with Crippen LogP contribution in [0.4, 0.5) is 5.69 Å². The van der Waals surface area contributed by atoms with Crippen LogP contribution in [0.3, 0.4) is 0 Å². The molecule has 3 rings (SSSR count). The number of aryl methyl sites for hydroxylation is 2. The summed E-state index contributed by atoms with van der Waals surface area (Å²) < 4.78 is 0. The lowest BCUT2D eigenvalue weighted by Gasteiger charge is -2.10. The maximum absolute atomic E-state index is 13.2. The summed E-state index contributed by atoms with van der Waals surface area (Å²) in [4.78, 5) is 41.3. The second-order valence-electron chi connectivity index (χ2n) is 7.05. The number of nitrogens with zero attached hydrogens (tertiary/aromatic N) is 2. The van der Waals surface area contributed by atoms with E-state index in [0.29, 0.717) is 11.1 Å². The van der Waals surface area contributed by atoms with Crippen molar-refractivity contribution in [3.63, 3.8) is 0 Å². The molecule has 0 atom stereocenters. The Morgan fingerprint density at radius 2 is 1.53 bits per heavy atom. The van der Waals surface area contributed by atoms with Gasteiger partial charge in [-0.2, -0.15) is 0 Å². The summed E-state index contributed by atoms with van der Waals surface area (Å²) in [6, 6.07) is 18.8. The van der Waals surface area contributed by atoms with Crippen LogP contribution in [-0.2, 0) is 9.63 Å². The predicted molar refractivity (Wildman–Crippen MR) is 122 cm³/mol. The van der Waals surface area contributed by atoms with Gasteiger partial charge in [0, 0.05) is 40.0 Å². The number of rotatable bonds is 7. The van der Waals surface area contributed by atoms with Crippen LogP contribution in [0.5, 0.6) is 0 Å². The van der Waals surface area contributed by atoms with Gasteiger partial charge in [0.25, 0.3) is 5.69 Å². The molecule has 0 aliphatic heterocycles. The van der Waals surface area contributed by atoms with Crippen LogP contribution < -0.4 is 0 Å². The summed E-state index contributed by atoms with van der Waals surface area (Å²) in [5.41, 5.74) is 2.85. The van der Waals surface area contributed by atoms with Gasteiger partial charge in [0.15, 0.2) is 5.71 Å². The van der Waals surface area contributed by atoms with E-state index in [1.54, 1.807) is 36.4 Å². The average Bonchev–Trinajstić information content (AvgIpc) is 2.76. The molecule has 7 nitrogen and oxygen atoms in total. The minimum atomic E-state index is -0.615. The van der Waals surface area contributed by atoms with Crippen molar-refractivity contribution in [3.8, 4) is 0 Å². The maximum Gasteiger partial charge on any atom is 0.332 e. The fourth-order valence-electron chi connectivity index (χ4n) is 2.90. The van der Waals surface area contributed by atoms with E-state index in [-0.39, 0.29) is 17.2 Å².